The fraction of sp³-hybridized carbons (Fsp3) is 0.941. The van der Waals surface area contributed by atoms with Gasteiger partial charge in [0, 0.05) is 19.0 Å². The Morgan fingerprint density at radius 1 is 1.10 bits per heavy atom. The van der Waals surface area contributed by atoms with Crippen LogP contribution < -0.4 is 11.1 Å². The van der Waals surface area contributed by atoms with Gasteiger partial charge in [0.2, 0.25) is 5.91 Å². The molecular weight excluding hydrogens is 248 g/mol. The molecule has 3 nitrogen and oxygen atoms in total. The normalized spacial score (nSPS) is 34.7. The van der Waals surface area contributed by atoms with Crippen molar-refractivity contribution in [2.75, 3.05) is 6.54 Å². The molecule has 2 aliphatic carbocycles. The van der Waals surface area contributed by atoms with E-state index in [1.807, 2.05) is 0 Å². The van der Waals surface area contributed by atoms with Gasteiger partial charge in [-0.15, -0.1) is 0 Å². The molecule has 0 aromatic heterocycles. The molecule has 2 aliphatic rings. The van der Waals surface area contributed by atoms with Gasteiger partial charge in [0.25, 0.3) is 0 Å². The fourth-order valence-electron chi connectivity index (χ4n) is 3.83. The number of hydrogen-bond acceptors (Lipinski definition) is 2. The third-order valence-corrected chi connectivity index (χ3v) is 5.43. The predicted octanol–water partition coefficient (Wildman–Crippen LogP) is 3.23. The maximum absolute atomic E-state index is 12.0. The molecule has 0 heterocycles. The smallest absolute Gasteiger partial charge is 0.220 e. The minimum absolute atomic E-state index is 0.219. The third-order valence-electron chi connectivity index (χ3n) is 5.43. The van der Waals surface area contributed by atoms with E-state index in [1.54, 1.807) is 0 Å². The van der Waals surface area contributed by atoms with Crippen molar-refractivity contribution in [3.63, 3.8) is 0 Å². The first-order valence-corrected chi connectivity index (χ1v) is 8.67. The highest BCUT2D eigenvalue weighted by molar-refractivity contribution is 5.76. The van der Waals surface area contributed by atoms with Crippen molar-refractivity contribution in [1.29, 1.82) is 0 Å². The van der Waals surface area contributed by atoms with Gasteiger partial charge in [-0.2, -0.15) is 0 Å². The molecule has 2 atom stereocenters. The lowest BCUT2D eigenvalue weighted by molar-refractivity contribution is -0.122. The number of carbonyl (C=O) groups excluding carboxylic acids is 1. The molecule has 3 heteroatoms. The monoisotopic (exact) mass is 280 g/mol. The standard InChI is InChI=1S/C17H32N2O/c1-13-6-8-14(9-7-13)10-11-19-17(20)12-15-4-2-3-5-16(15)18/h13-16H,2-12,18H2,1H3,(H,19,20). The molecule has 3 N–H and O–H groups in total. The number of nitrogens with one attached hydrogen (secondary N) is 1. The Balaban J connectivity index is 1.58. The lowest BCUT2D eigenvalue weighted by Gasteiger charge is -2.28. The second-order valence-corrected chi connectivity index (χ2v) is 7.18. The van der Waals surface area contributed by atoms with E-state index in [-0.39, 0.29) is 11.9 Å². The van der Waals surface area contributed by atoms with Crippen molar-refractivity contribution in [2.24, 2.45) is 23.5 Å². The topological polar surface area (TPSA) is 55.1 Å². The van der Waals surface area contributed by atoms with E-state index in [2.05, 4.69) is 12.2 Å². The van der Waals surface area contributed by atoms with Crippen LogP contribution >= 0.6 is 0 Å². The molecule has 20 heavy (non-hydrogen) atoms. The first-order chi connectivity index (χ1) is 9.65. The molecule has 2 rings (SSSR count). The maximum atomic E-state index is 12.0. The highest BCUT2D eigenvalue weighted by Crippen LogP contribution is 2.30. The molecule has 0 aromatic rings. The Bertz CT molecular complexity index is 297. The van der Waals surface area contributed by atoms with Crippen molar-refractivity contribution in [1.82, 2.24) is 5.32 Å². The van der Waals surface area contributed by atoms with Gasteiger partial charge in [-0.1, -0.05) is 45.4 Å². The zero-order valence-corrected chi connectivity index (χ0v) is 13.1. The molecule has 0 saturated heterocycles. The first kappa shape index (κ1) is 15.8. The van der Waals surface area contributed by atoms with Gasteiger partial charge in [0.1, 0.15) is 0 Å². The first-order valence-electron chi connectivity index (χ1n) is 8.67. The fourth-order valence-corrected chi connectivity index (χ4v) is 3.83. The molecule has 1 amide bonds. The van der Waals surface area contributed by atoms with Crippen LogP contribution in [-0.2, 0) is 4.79 Å². The molecule has 0 spiro atoms. The van der Waals surface area contributed by atoms with Crippen LogP contribution in [0, 0.1) is 17.8 Å². The Morgan fingerprint density at radius 3 is 2.50 bits per heavy atom. The van der Waals surface area contributed by atoms with Crippen molar-refractivity contribution in [2.45, 2.75) is 77.2 Å². The molecule has 2 unspecified atom stereocenters. The van der Waals surface area contributed by atoms with Gasteiger partial charge >= 0.3 is 0 Å². The Labute approximate surface area is 124 Å². The van der Waals surface area contributed by atoms with Crippen molar-refractivity contribution in [3.05, 3.63) is 0 Å². The minimum atomic E-state index is 0.219. The summed E-state index contributed by atoms with van der Waals surface area (Å²) in [5.74, 6) is 2.38. The molecule has 0 bridgehead atoms. The summed E-state index contributed by atoms with van der Waals surface area (Å²) in [6.07, 6.45) is 12.0. The third kappa shape index (κ3) is 5.08. The summed E-state index contributed by atoms with van der Waals surface area (Å²) in [4.78, 5) is 12.0. The van der Waals surface area contributed by atoms with Crippen LogP contribution in [0.1, 0.15) is 71.1 Å². The van der Waals surface area contributed by atoms with E-state index in [4.69, 9.17) is 5.73 Å². The summed E-state index contributed by atoms with van der Waals surface area (Å²) in [5.41, 5.74) is 6.11. The van der Waals surface area contributed by atoms with Crippen LogP contribution in [0.25, 0.3) is 0 Å². The predicted molar refractivity (Wildman–Crippen MR) is 83.3 cm³/mol. The number of rotatable bonds is 5. The summed E-state index contributed by atoms with van der Waals surface area (Å²) in [7, 11) is 0. The van der Waals surface area contributed by atoms with Gasteiger partial charge in [0.05, 0.1) is 0 Å². The Kier molecular flexibility index (Phi) is 6.34. The molecule has 2 saturated carbocycles. The second-order valence-electron chi connectivity index (χ2n) is 7.18. The van der Waals surface area contributed by atoms with Gasteiger partial charge in [-0.05, 0) is 37.0 Å². The van der Waals surface area contributed by atoms with E-state index >= 15 is 0 Å². The summed E-state index contributed by atoms with van der Waals surface area (Å²) in [6.45, 7) is 3.21. The second kappa shape index (κ2) is 8.02. The summed E-state index contributed by atoms with van der Waals surface area (Å²) < 4.78 is 0. The van der Waals surface area contributed by atoms with Gasteiger partial charge < -0.3 is 11.1 Å². The van der Waals surface area contributed by atoms with Crippen LogP contribution in [0.2, 0.25) is 0 Å². The maximum Gasteiger partial charge on any atom is 0.220 e. The van der Waals surface area contributed by atoms with Crippen LogP contribution in [0.15, 0.2) is 0 Å². The Hall–Kier alpha value is -0.570. The molecule has 0 aromatic carbocycles. The van der Waals surface area contributed by atoms with Crippen LogP contribution in [0.3, 0.4) is 0 Å². The molecule has 0 aliphatic heterocycles. The summed E-state index contributed by atoms with van der Waals surface area (Å²) in [6, 6.07) is 0.245. The molecule has 0 radical (unpaired) electrons. The van der Waals surface area contributed by atoms with E-state index in [1.165, 1.54) is 38.5 Å². The zero-order chi connectivity index (χ0) is 14.4. The Morgan fingerprint density at radius 2 is 1.80 bits per heavy atom. The quantitative estimate of drug-likeness (QED) is 0.812. The highest BCUT2D eigenvalue weighted by atomic mass is 16.1. The molecule has 2 fully saturated rings. The average Bonchev–Trinajstić information content (AvgIpc) is 2.44. The SMILES string of the molecule is CC1CCC(CCNC(=O)CC2CCCCC2N)CC1. The summed E-state index contributed by atoms with van der Waals surface area (Å²) in [5, 5.41) is 3.11. The van der Waals surface area contributed by atoms with E-state index in [9.17, 15) is 4.79 Å². The van der Waals surface area contributed by atoms with Crippen molar-refractivity contribution >= 4 is 5.91 Å². The number of nitrogens with two attached hydrogens (primary N) is 1. The summed E-state index contributed by atoms with van der Waals surface area (Å²) >= 11 is 0. The molecular formula is C17H32N2O. The lowest BCUT2D eigenvalue weighted by atomic mass is 9.81. The van der Waals surface area contributed by atoms with E-state index in [0.717, 1.165) is 37.6 Å². The van der Waals surface area contributed by atoms with Crippen LogP contribution in [-0.4, -0.2) is 18.5 Å². The van der Waals surface area contributed by atoms with E-state index < -0.39 is 0 Å². The number of hydrogen-bond donors (Lipinski definition) is 2. The van der Waals surface area contributed by atoms with Crippen LogP contribution in [0.5, 0.6) is 0 Å². The van der Waals surface area contributed by atoms with Gasteiger partial charge in [-0.3, -0.25) is 4.79 Å². The highest BCUT2D eigenvalue weighted by Gasteiger charge is 2.24. The average molecular weight is 280 g/mol. The number of carbonyl (C=O) groups is 1. The lowest BCUT2D eigenvalue weighted by Crippen LogP contribution is -2.37. The minimum Gasteiger partial charge on any atom is -0.356 e. The van der Waals surface area contributed by atoms with Crippen molar-refractivity contribution < 1.29 is 4.79 Å². The van der Waals surface area contributed by atoms with Gasteiger partial charge in [0.15, 0.2) is 0 Å². The van der Waals surface area contributed by atoms with Crippen molar-refractivity contribution in [3.8, 4) is 0 Å². The van der Waals surface area contributed by atoms with Crippen LogP contribution in [0.4, 0.5) is 0 Å². The number of amides is 1. The zero-order valence-electron chi connectivity index (χ0n) is 13.1. The molecule has 116 valence electrons. The largest absolute Gasteiger partial charge is 0.356 e. The van der Waals surface area contributed by atoms with Gasteiger partial charge in [-0.25, -0.2) is 0 Å². The van der Waals surface area contributed by atoms with E-state index in [0.29, 0.717) is 12.3 Å².